The number of hydrogen-bond donors (Lipinski definition) is 1. The predicted molar refractivity (Wildman–Crippen MR) is 78.9 cm³/mol. The number of halogens is 4. The van der Waals surface area contributed by atoms with Crippen LogP contribution in [0.4, 0.5) is 17.6 Å². The molecule has 0 aromatic heterocycles. The number of nitrogens with one attached hydrogen (secondary N) is 1. The molecule has 132 valence electrons. The van der Waals surface area contributed by atoms with Crippen molar-refractivity contribution >= 4 is 11.8 Å². The van der Waals surface area contributed by atoms with Crippen LogP contribution in [0.5, 0.6) is 0 Å². The molecule has 0 saturated carbocycles. The van der Waals surface area contributed by atoms with Gasteiger partial charge in [0.1, 0.15) is 11.9 Å². The maximum absolute atomic E-state index is 13.5. The number of hydrogen-bond acceptors (Lipinski definition) is 2. The normalized spacial score (nSPS) is 21.5. The largest absolute Gasteiger partial charge is 0.408 e. The van der Waals surface area contributed by atoms with Gasteiger partial charge in [-0.1, -0.05) is 0 Å². The van der Waals surface area contributed by atoms with E-state index in [1.807, 2.05) is 0 Å². The predicted octanol–water partition coefficient (Wildman–Crippen LogP) is 2.81. The number of likely N-dealkylation sites (tertiary alicyclic amines) is 1. The summed E-state index contributed by atoms with van der Waals surface area (Å²) in [6, 6.07) is 0.957. The lowest BCUT2D eigenvalue weighted by atomic mass is 9.96. The number of carbonyl (C=O) groups is 2. The quantitative estimate of drug-likeness (QED) is 0.837. The molecule has 1 fully saturated rings. The van der Waals surface area contributed by atoms with Crippen molar-refractivity contribution in [3.8, 4) is 0 Å². The van der Waals surface area contributed by atoms with Crippen LogP contribution < -0.4 is 5.32 Å². The molecule has 0 spiro atoms. The van der Waals surface area contributed by atoms with Crippen molar-refractivity contribution in [3.63, 3.8) is 0 Å². The first kappa shape index (κ1) is 18.2. The number of nitrogens with zero attached hydrogens (tertiary/aromatic N) is 1. The maximum atomic E-state index is 13.5. The summed E-state index contributed by atoms with van der Waals surface area (Å²) in [5.74, 6) is -1.95. The molecular weight excluding hydrogens is 328 g/mol. The van der Waals surface area contributed by atoms with Gasteiger partial charge in [-0.2, -0.15) is 13.2 Å². The van der Waals surface area contributed by atoms with Crippen LogP contribution in [0, 0.1) is 12.7 Å². The molecule has 2 atom stereocenters. The molecule has 1 saturated heterocycles. The van der Waals surface area contributed by atoms with Crippen LogP contribution in [0.25, 0.3) is 0 Å². The second-order valence-electron chi connectivity index (χ2n) is 6.01. The third-order valence-electron chi connectivity index (χ3n) is 3.92. The van der Waals surface area contributed by atoms with Crippen molar-refractivity contribution in [1.29, 1.82) is 0 Å². The van der Waals surface area contributed by atoms with Gasteiger partial charge in [0.05, 0.1) is 0 Å². The zero-order valence-electron chi connectivity index (χ0n) is 13.3. The zero-order valence-corrected chi connectivity index (χ0v) is 13.3. The van der Waals surface area contributed by atoms with Crippen molar-refractivity contribution in [2.24, 2.45) is 0 Å². The molecule has 4 nitrogen and oxygen atoms in total. The molecule has 1 aromatic carbocycles. The lowest BCUT2D eigenvalue weighted by Crippen LogP contribution is -2.58. The van der Waals surface area contributed by atoms with Crippen molar-refractivity contribution in [1.82, 2.24) is 10.2 Å². The van der Waals surface area contributed by atoms with Gasteiger partial charge < -0.3 is 10.2 Å². The molecule has 24 heavy (non-hydrogen) atoms. The monoisotopic (exact) mass is 346 g/mol. The van der Waals surface area contributed by atoms with Crippen molar-refractivity contribution in [3.05, 3.63) is 35.1 Å². The number of carbonyl (C=O) groups excluding carboxylic acids is 2. The minimum absolute atomic E-state index is 0.121. The van der Waals surface area contributed by atoms with Crippen LogP contribution in [0.1, 0.15) is 35.7 Å². The van der Waals surface area contributed by atoms with Crippen LogP contribution >= 0.6 is 0 Å². The fourth-order valence-corrected chi connectivity index (χ4v) is 2.97. The fourth-order valence-electron chi connectivity index (χ4n) is 2.97. The standard InChI is InChI=1S/C16H18F4N2O2/c1-9-5-11(7-12(17)6-9)15(24)22-8-13(21-10(2)23)3-4-14(22)16(18,19)20/h5-7,13-14H,3-4,8H2,1-2H3,(H,21,23). The lowest BCUT2D eigenvalue weighted by molar-refractivity contribution is -0.184. The van der Waals surface area contributed by atoms with Crippen molar-refractivity contribution in [2.75, 3.05) is 6.54 Å². The van der Waals surface area contributed by atoms with Gasteiger partial charge >= 0.3 is 6.18 Å². The molecule has 1 aliphatic heterocycles. The summed E-state index contributed by atoms with van der Waals surface area (Å²) < 4.78 is 53.3. The highest BCUT2D eigenvalue weighted by atomic mass is 19.4. The Labute approximate surface area is 136 Å². The van der Waals surface area contributed by atoms with E-state index < -0.39 is 30.0 Å². The first-order valence-electron chi connectivity index (χ1n) is 7.50. The van der Waals surface area contributed by atoms with Gasteiger partial charge in [0.25, 0.3) is 5.91 Å². The summed E-state index contributed by atoms with van der Waals surface area (Å²) in [6.07, 6.45) is -4.77. The molecule has 1 aromatic rings. The molecule has 2 amide bonds. The summed E-state index contributed by atoms with van der Waals surface area (Å²) in [6.45, 7) is 2.55. The van der Waals surface area contributed by atoms with E-state index in [2.05, 4.69) is 5.32 Å². The average molecular weight is 346 g/mol. The van der Waals surface area contributed by atoms with Gasteiger partial charge in [-0.15, -0.1) is 0 Å². The van der Waals surface area contributed by atoms with Crippen LogP contribution in [0.15, 0.2) is 18.2 Å². The van der Waals surface area contributed by atoms with E-state index in [9.17, 15) is 27.2 Å². The first-order valence-corrected chi connectivity index (χ1v) is 7.50. The van der Waals surface area contributed by atoms with Crippen LogP contribution in [0.2, 0.25) is 0 Å². The summed E-state index contributed by atoms with van der Waals surface area (Å²) in [4.78, 5) is 24.4. The van der Waals surface area contributed by atoms with Crippen molar-refractivity contribution in [2.45, 2.75) is 44.9 Å². The zero-order chi connectivity index (χ0) is 18.1. The summed E-state index contributed by atoms with van der Waals surface area (Å²) in [7, 11) is 0. The smallest absolute Gasteiger partial charge is 0.352 e. The Morgan fingerprint density at radius 1 is 1.21 bits per heavy atom. The Bertz CT molecular complexity index is 625. The molecule has 0 bridgehead atoms. The minimum Gasteiger partial charge on any atom is -0.352 e. The van der Waals surface area contributed by atoms with Gasteiger partial charge in [0.2, 0.25) is 5.91 Å². The van der Waals surface area contributed by atoms with E-state index in [4.69, 9.17) is 0 Å². The molecular formula is C16H18F4N2O2. The Hall–Kier alpha value is -2.12. The third kappa shape index (κ3) is 4.24. The van der Waals surface area contributed by atoms with E-state index in [0.29, 0.717) is 10.5 Å². The van der Waals surface area contributed by atoms with Gasteiger partial charge in [0, 0.05) is 25.1 Å². The molecule has 0 radical (unpaired) electrons. The molecule has 2 rings (SSSR count). The topological polar surface area (TPSA) is 49.4 Å². The Balaban J connectivity index is 2.31. The fraction of sp³-hybridized carbons (Fsp3) is 0.500. The lowest BCUT2D eigenvalue weighted by Gasteiger charge is -2.40. The highest BCUT2D eigenvalue weighted by Crippen LogP contribution is 2.33. The SMILES string of the molecule is CC(=O)NC1CCC(C(F)(F)F)N(C(=O)c2cc(C)cc(F)c2)C1. The average Bonchev–Trinajstić information content (AvgIpc) is 2.43. The van der Waals surface area contributed by atoms with Crippen LogP contribution in [-0.4, -0.2) is 41.5 Å². The van der Waals surface area contributed by atoms with Gasteiger partial charge in [-0.3, -0.25) is 9.59 Å². The first-order chi connectivity index (χ1) is 11.1. The number of rotatable bonds is 2. The minimum atomic E-state index is -4.58. The molecule has 1 aliphatic rings. The summed E-state index contributed by atoms with van der Waals surface area (Å²) in [5.41, 5.74) is 0.308. The Kier molecular flexibility index (Phi) is 5.15. The van der Waals surface area contributed by atoms with Gasteiger partial charge in [-0.05, 0) is 43.5 Å². The molecule has 1 heterocycles. The highest BCUT2D eigenvalue weighted by molar-refractivity contribution is 5.94. The van der Waals surface area contributed by atoms with E-state index in [0.717, 1.165) is 6.07 Å². The number of amides is 2. The van der Waals surface area contributed by atoms with E-state index in [1.165, 1.54) is 19.1 Å². The van der Waals surface area contributed by atoms with Crippen LogP contribution in [0.3, 0.4) is 0 Å². The van der Waals surface area contributed by atoms with E-state index >= 15 is 0 Å². The summed E-state index contributed by atoms with van der Waals surface area (Å²) >= 11 is 0. The number of benzene rings is 1. The Morgan fingerprint density at radius 2 is 1.88 bits per heavy atom. The highest BCUT2D eigenvalue weighted by Gasteiger charge is 2.48. The van der Waals surface area contributed by atoms with Gasteiger partial charge in [-0.25, -0.2) is 4.39 Å². The summed E-state index contributed by atoms with van der Waals surface area (Å²) in [5, 5.41) is 2.54. The number of aryl methyl sites for hydroxylation is 1. The van der Waals surface area contributed by atoms with Crippen LogP contribution in [-0.2, 0) is 4.79 Å². The van der Waals surface area contributed by atoms with E-state index in [-0.39, 0.29) is 30.9 Å². The van der Waals surface area contributed by atoms with Crippen molar-refractivity contribution < 1.29 is 27.2 Å². The molecule has 1 N–H and O–H groups in total. The number of piperidine rings is 1. The Morgan fingerprint density at radius 3 is 2.42 bits per heavy atom. The second kappa shape index (κ2) is 6.78. The maximum Gasteiger partial charge on any atom is 0.408 e. The number of alkyl halides is 3. The third-order valence-corrected chi connectivity index (χ3v) is 3.92. The second-order valence-corrected chi connectivity index (χ2v) is 6.01. The van der Waals surface area contributed by atoms with Gasteiger partial charge in [0.15, 0.2) is 0 Å². The molecule has 0 aliphatic carbocycles. The molecule has 8 heteroatoms. The van der Waals surface area contributed by atoms with E-state index in [1.54, 1.807) is 6.92 Å². The molecule has 2 unspecified atom stereocenters.